The Labute approximate surface area is 213 Å². The van der Waals surface area contributed by atoms with E-state index in [1.165, 1.54) is 13.2 Å². The van der Waals surface area contributed by atoms with Crippen LogP contribution in [0.15, 0.2) is 47.1 Å². The van der Waals surface area contributed by atoms with Crippen LogP contribution >= 0.6 is 11.5 Å². The maximum absolute atomic E-state index is 12.5. The zero-order valence-corrected chi connectivity index (χ0v) is 21.7. The highest BCUT2D eigenvalue weighted by Crippen LogP contribution is 2.29. The van der Waals surface area contributed by atoms with Gasteiger partial charge in [0.05, 0.1) is 7.11 Å². The number of carbonyl (C=O) groups excluding carboxylic acids is 1. The molecular formula is C24H24N4O6S2. The molecule has 0 atom stereocenters. The summed E-state index contributed by atoms with van der Waals surface area (Å²) < 4.78 is 43.7. The van der Waals surface area contributed by atoms with Crippen molar-refractivity contribution in [3.8, 4) is 23.3 Å². The Bertz CT molecular complexity index is 1440. The quantitative estimate of drug-likeness (QED) is 0.237. The summed E-state index contributed by atoms with van der Waals surface area (Å²) in [6.45, 7) is 4.58. The molecule has 36 heavy (non-hydrogen) atoms. The highest BCUT2D eigenvalue weighted by Gasteiger charge is 2.18. The van der Waals surface area contributed by atoms with E-state index in [-0.39, 0.29) is 17.3 Å². The van der Waals surface area contributed by atoms with Crippen LogP contribution in [0.1, 0.15) is 16.7 Å². The summed E-state index contributed by atoms with van der Waals surface area (Å²) in [4.78, 5) is 16.2. The topological polar surface area (TPSA) is 140 Å². The lowest BCUT2D eigenvalue weighted by Gasteiger charge is -2.13. The number of carbonyl (C=O) groups is 1. The van der Waals surface area contributed by atoms with Gasteiger partial charge in [0.1, 0.15) is 30.6 Å². The molecule has 1 N–H and O–H groups in total. The van der Waals surface area contributed by atoms with Gasteiger partial charge in [-0.2, -0.15) is 14.6 Å². The van der Waals surface area contributed by atoms with Crippen molar-refractivity contribution in [1.82, 2.24) is 9.36 Å². The number of ether oxygens (including phenoxy) is 3. The van der Waals surface area contributed by atoms with E-state index in [1.807, 2.05) is 38.1 Å². The fourth-order valence-electron chi connectivity index (χ4n) is 2.95. The summed E-state index contributed by atoms with van der Waals surface area (Å²) in [5.74, 6) is 0.936. The van der Waals surface area contributed by atoms with E-state index in [1.54, 1.807) is 18.2 Å². The highest BCUT2D eigenvalue weighted by molar-refractivity contribution is 7.90. The molecule has 0 aliphatic carbocycles. The molecule has 188 valence electrons. The summed E-state index contributed by atoms with van der Waals surface area (Å²) in [6, 6.07) is 12.8. The van der Waals surface area contributed by atoms with E-state index in [4.69, 9.17) is 14.2 Å². The van der Waals surface area contributed by atoms with Crippen LogP contribution in [0.25, 0.3) is 6.08 Å². The second-order valence-corrected chi connectivity index (χ2v) is 10.3. The van der Waals surface area contributed by atoms with Crippen LogP contribution < -0.4 is 19.5 Å². The third-order valence-corrected chi connectivity index (χ3v) is 6.36. The molecule has 0 aliphatic heterocycles. The minimum Gasteiger partial charge on any atom is -0.493 e. The third kappa shape index (κ3) is 7.03. The summed E-state index contributed by atoms with van der Waals surface area (Å²) >= 11 is 0.701. The van der Waals surface area contributed by atoms with Gasteiger partial charge < -0.3 is 14.2 Å². The maximum Gasteiger partial charge on any atom is 0.268 e. The molecule has 0 unspecified atom stereocenters. The van der Waals surface area contributed by atoms with Crippen molar-refractivity contribution in [2.75, 3.05) is 31.9 Å². The molecule has 1 amide bonds. The van der Waals surface area contributed by atoms with Crippen LogP contribution in [0.3, 0.4) is 0 Å². The average molecular weight is 529 g/mol. The molecule has 0 saturated heterocycles. The second-order valence-electron chi connectivity index (χ2n) is 7.65. The van der Waals surface area contributed by atoms with Gasteiger partial charge >= 0.3 is 0 Å². The third-order valence-electron chi connectivity index (χ3n) is 4.77. The SMILES string of the molecule is COc1cc(C=C(C#N)C(=O)Nc2nc(S(C)(=O)=O)ns2)ccc1OCCOc1cc(C)ccc1C. The number of benzene rings is 2. The number of aromatic nitrogens is 2. The fraction of sp³-hybridized carbons (Fsp3) is 0.250. The number of rotatable bonds is 10. The number of nitrogens with one attached hydrogen (secondary N) is 1. The molecule has 0 saturated carbocycles. The maximum atomic E-state index is 12.5. The summed E-state index contributed by atoms with van der Waals surface area (Å²) in [7, 11) is -2.13. The van der Waals surface area contributed by atoms with Crippen LogP contribution in [0.5, 0.6) is 17.2 Å². The molecule has 0 spiro atoms. The lowest BCUT2D eigenvalue weighted by Crippen LogP contribution is -2.13. The van der Waals surface area contributed by atoms with Crippen LogP contribution in [-0.4, -0.2) is 50.3 Å². The highest BCUT2D eigenvalue weighted by atomic mass is 32.2. The van der Waals surface area contributed by atoms with Crippen LogP contribution in [0.2, 0.25) is 0 Å². The minimum atomic E-state index is -3.61. The van der Waals surface area contributed by atoms with E-state index >= 15 is 0 Å². The molecule has 12 heteroatoms. The number of nitrogens with zero attached hydrogens (tertiary/aromatic N) is 3. The minimum absolute atomic E-state index is 0.0361. The van der Waals surface area contributed by atoms with Crippen molar-refractivity contribution in [2.24, 2.45) is 0 Å². The number of hydrogen-bond donors (Lipinski definition) is 1. The van der Waals surface area contributed by atoms with Crippen molar-refractivity contribution in [1.29, 1.82) is 5.26 Å². The molecule has 3 aromatic rings. The van der Waals surface area contributed by atoms with Gasteiger partial charge in [-0.25, -0.2) is 8.42 Å². The molecule has 0 aliphatic rings. The first kappa shape index (κ1) is 26.7. The van der Waals surface area contributed by atoms with E-state index in [9.17, 15) is 18.5 Å². The average Bonchev–Trinajstić information content (AvgIpc) is 3.31. The van der Waals surface area contributed by atoms with Gasteiger partial charge in [-0.05, 0) is 54.8 Å². The van der Waals surface area contributed by atoms with E-state index < -0.39 is 20.9 Å². The Hall–Kier alpha value is -3.95. The molecule has 3 rings (SSSR count). The van der Waals surface area contributed by atoms with Crippen molar-refractivity contribution < 1.29 is 27.4 Å². The van der Waals surface area contributed by atoms with Gasteiger partial charge in [0.15, 0.2) is 11.5 Å². The number of anilines is 1. The number of sulfone groups is 1. The second kappa shape index (κ2) is 11.7. The van der Waals surface area contributed by atoms with Gasteiger partial charge in [-0.1, -0.05) is 18.2 Å². The molecule has 10 nitrogen and oxygen atoms in total. The number of hydrogen-bond acceptors (Lipinski definition) is 10. The predicted molar refractivity (Wildman–Crippen MR) is 135 cm³/mol. The molecule has 0 radical (unpaired) electrons. The normalized spacial score (nSPS) is 11.5. The molecular weight excluding hydrogens is 504 g/mol. The monoisotopic (exact) mass is 528 g/mol. The summed E-state index contributed by atoms with van der Waals surface area (Å²) in [5.41, 5.74) is 2.44. The van der Waals surface area contributed by atoms with Crippen molar-refractivity contribution >= 4 is 38.5 Å². The Morgan fingerprint density at radius 2 is 1.83 bits per heavy atom. The van der Waals surface area contributed by atoms with Gasteiger partial charge in [-0.15, -0.1) is 0 Å². The molecule has 2 aromatic carbocycles. The first-order valence-electron chi connectivity index (χ1n) is 10.6. The number of methoxy groups -OCH3 is 1. The van der Waals surface area contributed by atoms with Gasteiger partial charge in [0.25, 0.3) is 11.1 Å². The lowest BCUT2D eigenvalue weighted by atomic mass is 10.1. The van der Waals surface area contributed by atoms with Crippen molar-refractivity contribution in [3.63, 3.8) is 0 Å². The standard InChI is InChI=1S/C24H24N4O6S2/c1-15-5-6-16(2)20(11-15)34-10-9-33-19-8-7-17(13-21(19)32-3)12-18(14-25)22(29)26-23-27-24(28-35-23)36(4,30)31/h5-8,11-13H,9-10H2,1-4H3,(H,26,27,28,29). The zero-order chi connectivity index (χ0) is 26.3. The smallest absolute Gasteiger partial charge is 0.268 e. The summed E-state index contributed by atoms with van der Waals surface area (Å²) in [6.07, 6.45) is 2.32. The largest absolute Gasteiger partial charge is 0.493 e. The van der Waals surface area contributed by atoms with E-state index in [0.29, 0.717) is 35.2 Å². The van der Waals surface area contributed by atoms with Crippen LogP contribution in [-0.2, 0) is 14.6 Å². The summed E-state index contributed by atoms with van der Waals surface area (Å²) in [5, 5.41) is 11.4. The Kier molecular flexibility index (Phi) is 8.63. The Balaban J connectivity index is 1.65. The number of amides is 1. The number of nitriles is 1. The van der Waals surface area contributed by atoms with Crippen molar-refractivity contribution in [3.05, 3.63) is 58.7 Å². The zero-order valence-electron chi connectivity index (χ0n) is 20.1. The van der Waals surface area contributed by atoms with E-state index in [2.05, 4.69) is 14.7 Å². The molecule has 0 bridgehead atoms. The molecule has 0 fully saturated rings. The van der Waals surface area contributed by atoms with Gasteiger partial charge in [0, 0.05) is 17.8 Å². The number of aryl methyl sites for hydroxylation is 2. The fourth-order valence-corrected chi connectivity index (χ4v) is 4.39. The van der Waals surface area contributed by atoms with Gasteiger partial charge in [0.2, 0.25) is 15.0 Å². The Morgan fingerprint density at radius 1 is 1.11 bits per heavy atom. The first-order chi connectivity index (χ1) is 17.1. The predicted octanol–water partition coefficient (Wildman–Crippen LogP) is 3.57. The van der Waals surface area contributed by atoms with Crippen molar-refractivity contribution in [2.45, 2.75) is 19.0 Å². The van der Waals surface area contributed by atoms with Crippen LogP contribution in [0, 0.1) is 25.2 Å². The molecule has 1 aromatic heterocycles. The molecule has 1 heterocycles. The first-order valence-corrected chi connectivity index (χ1v) is 13.2. The van der Waals surface area contributed by atoms with Crippen LogP contribution in [0.4, 0.5) is 5.13 Å². The van der Waals surface area contributed by atoms with E-state index in [0.717, 1.165) is 23.1 Å². The lowest BCUT2D eigenvalue weighted by molar-refractivity contribution is -0.112. The van der Waals surface area contributed by atoms with Gasteiger partial charge in [-0.3, -0.25) is 10.1 Å². The Morgan fingerprint density at radius 3 is 2.47 bits per heavy atom.